The number of fused-ring (bicyclic) bond motifs is 2. The van der Waals surface area contributed by atoms with Crippen molar-refractivity contribution >= 4 is 21.9 Å². The summed E-state index contributed by atoms with van der Waals surface area (Å²) in [7, 11) is 1.49. The fraction of sp³-hybridized carbons (Fsp3) is 0.0526. The number of para-hydroxylation sites is 1. The van der Waals surface area contributed by atoms with Gasteiger partial charge in [0.05, 0.1) is 12.7 Å². The lowest BCUT2D eigenvalue weighted by Gasteiger charge is -2.08. The molecule has 124 valence electrons. The van der Waals surface area contributed by atoms with Gasteiger partial charge in [0.15, 0.2) is 11.3 Å². The summed E-state index contributed by atoms with van der Waals surface area (Å²) in [5.74, 6) is 0.409. The van der Waals surface area contributed by atoms with Crippen LogP contribution in [0.25, 0.3) is 33.1 Å². The first kappa shape index (κ1) is 15.0. The largest absolute Gasteiger partial charge is 0.508 e. The van der Waals surface area contributed by atoms with E-state index >= 15 is 0 Å². The number of ether oxygens (including phenoxy) is 1. The molecular weight excluding hydrogens is 324 g/mol. The van der Waals surface area contributed by atoms with E-state index in [1.54, 1.807) is 30.3 Å². The van der Waals surface area contributed by atoms with Gasteiger partial charge in [0.1, 0.15) is 11.3 Å². The van der Waals surface area contributed by atoms with Gasteiger partial charge in [0.2, 0.25) is 0 Å². The smallest absolute Gasteiger partial charge is 0.344 e. The van der Waals surface area contributed by atoms with E-state index in [0.717, 1.165) is 0 Å². The molecule has 2 heterocycles. The minimum atomic E-state index is -0.627. The van der Waals surface area contributed by atoms with Gasteiger partial charge < -0.3 is 18.7 Å². The minimum Gasteiger partial charge on any atom is -0.508 e. The zero-order chi connectivity index (χ0) is 17.6. The first-order valence-electron chi connectivity index (χ1n) is 7.45. The number of rotatable bonds is 2. The van der Waals surface area contributed by atoms with Crippen molar-refractivity contribution in [2.24, 2.45) is 0 Å². The lowest BCUT2D eigenvalue weighted by Crippen LogP contribution is -2.06. The maximum absolute atomic E-state index is 12.5. The second kappa shape index (κ2) is 5.52. The average molecular weight is 336 g/mol. The highest BCUT2D eigenvalue weighted by molar-refractivity contribution is 5.96. The summed E-state index contributed by atoms with van der Waals surface area (Å²) in [6, 6.07) is 12.5. The molecule has 0 saturated carbocycles. The predicted octanol–water partition coefficient (Wildman–Crippen LogP) is 3.28. The fourth-order valence-corrected chi connectivity index (χ4v) is 2.84. The second-order valence-electron chi connectivity index (χ2n) is 5.49. The number of aromatic hydroxyl groups is 1. The van der Waals surface area contributed by atoms with Gasteiger partial charge >= 0.3 is 11.3 Å². The lowest BCUT2D eigenvalue weighted by molar-refractivity contribution is 0.407. The highest BCUT2D eigenvalue weighted by Crippen LogP contribution is 2.31. The molecule has 0 amide bonds. The van der Waals surface area contributed by atoms with Crippen molar-refractivity contribution in [2.45, 2.75) is 0 Å². The SMILES string of the molecule is COc1cccc2cc(-c3cc(=O)oc4cc(O)ccc34)c(=O)oc12. The molecule has 0 aliphatic rings. The Morgan fingerprint density at radius 2 is 1.80 bits per heavy atom. The molecule has 0 aliphatic carbocycles. The van der Waals surface area contributed by atoms with Gasteiger partial charge in [-0.25, -0.2) is 9.59 Å². The lowest BCUT2D eigenvalue weighted by atomic mass is 10.0. The highest BCUT2D eigenvalue weighted by Gasteiger charge is 2.15. The minimum absolute atomic E-state index is 0.0388. The first-order chi connectivity index (χ1) is 12.1. The van der Waals surface area contributed by atoms with E-state index in [4.69, 9.17) is 13.6 Å². The normalized spacial score (nSPS) is 11.1. The second-order valence-corrected chi connectivity index (χ2v) is 5.49. The molecular formula is C19H12O6. The van der Waals surface area contributed by atoms with E-state index in [0.29, 0.717) is 27.7 Å². The van der Waals surface area contributed by atoms with Crippen LogP contribution >= 0.6 is 0 Å². The summed E-state index contributed by atoms with van der Waals surface area (Å²) < 4.78 is 15.7. The predicted molar refractivity (Wildman–Crippen MR) is 92.2 cm³/mol. The molecule has 0 radical (unpaired) electrons. The molecule has 0 saturated heterocycles. The summed E-state index contributed by atoms with van der Waals surface area (Å²) >= 11 is 0. The zero-order valence-corrected chi connectivity index (χ0v) is 13.1. The van der Waals surface area contributed by atoms with Crippen LogP contribution in [-0.2, 0) is 0 Å². The fourth-order valence-electron chi connectivity index (χ4n) is 2.84. The average Bonchev–Trinajstić information content (AvgIpc) is 2.59. The molecule has 4 rings (SSSR count). The number of phenols is 1. The Morgan fingerprint density at radius 1 is 0.960 bits per heavy atom. The van der Waals surface area contributed by atoms with Crippen molar-refractivity contribution in [1.82, 2.24) is 0 Å². The van der Waals surface area contributed by atoms with Crippen molar-refractivity contribution in [1.29, 1.82) is 0 Å². The van der Waals surface area contributed by atoms with Gasteiger partial charge in [-0.2, -0.15) is 0 Å². The number of hydrogen-bond donors (Lipinski definition) is 1. The molecule has 2 aromatic heterocycles. The van der Waals surface area contributed by atoms with E-state index < -0.39 is 11.3 Å². The summed E-state index contributed by atoms with van der Waals surface area (Å²) in [6.45, 7) is 0. The molecule has 0 atom stereocenters. The number of phenolic OH excluding ortho intramolecular Hbond substituents is 1. The maximum atomic E-state index is 12.5. The highest BCUT2D eigenvalue weighted by atomic mass is 16.5. The Hall–Kier alpha value is -3.54. The summed E-state index contributed by atoms with van der Waals surface area (Å²) in [6.07, 6.45) is 0. The number of benzene rings is 2. The molecule has 0 fully saturated rings. The molecule has 0 unspecified atom stereocenters. The molecule has 0 aliphatic heterocycles. The molecule has 6 nitrogen and oxygen atoms in total. The molecule has 1 N–H and O–H groups in total. The third kappa shape index (κ3) is 2.44. The van der Waals surface area contributed by atoms with Crippen LogP contribution < -0.4 is 16.0 Å². The van der Waals surface area contributed by atoms with Gasteiger partial charge in [-0.15, -0.1) is 0 Å². The maximum Gasteiger partial charge on any atom is 0.344 e. The van der Waals surface area contributed by atoms with E-state index in [1.165, 1.54) is 25.3 Å². The topological polar surface area (TPSA) is 89.9 Å². The van der Waals surface area contributed by atoms with Crippen LogP contribution in [0, 0.1) is 0 Å². The van der Waals surface area contributed by atoms with Gasteiger partial charge in [0.25, 0.3) is 0 Å². The third-order valence-electron chi connectivity index (χ3n) is 3.96. The Kier molecular flexibility index (Phi) is 3.32. The van der Waals surface area contributed by atoms with Crippen LogP contribution in [0.5, 0.6) is 11.5 Å². The van der Waals surface area contributed by atoms with Gasteiger partial charge in [-0.3, -0.25) is 0 Å². The van der Waals surface area contributed by atoms with Crippen molar-refractivity contribution in [3.8, 4) is 22.6 Å². The molecule has 6 heteroatoms. The van der Waals surface area contributed by atoms with Crippen molar-refractivity contribution in [3.63, 3.8) is 0 Å². The Morgan fingerprint density at radius 3 is 2.60 bits per heavy atom. The van der Waals surface area contributed by atoms with Crippen molar-refractivity contribution < 1.29 is 18.7 Å². The van der Waals surface area contributed by atoms with E-state index in [9.17, 15) is 14.7 Å². The van der Waals surface area contributed by atoms with Crippen LogP contribution in [0.2, 0.25) is 0 Å². The van der Waals surface area contributed by atoms with Crippen LogP contribution in [0.3, 0.4) is 0 Å². The summed E-state index contributed by atoms with van der Waals surface area (Å²) in [4.78, 5) is 24.4. The van der Waals surface area contributed by atoms with Gasteiger partial charge in [0, 0.05) is 28.5 Å². The molecule has 25 heavy (non-hydrogen) atoms. The monoisotopic (exact) mass is 336 g/mol. The van der Waals surface area contributed by atoms with Gasteiger partial charge in [-0.1, -0.05) is 12.1 Å². The van der Waals surface area contributed by atoms with Crippen LogP contribution in [0.4, 0.5) is 0 Å². The van der Waals surface area contributed by atoms with Crippen molar-refractivity contribution in [3.05, 3.63) is 69.4 Å². The van der Waals surface area contributed by atoms with Crippen LogP contribution in [0.1, 0.15) is 0 Å². The summed E-state index contributed by atoms with van der Waals surface area (Å²) in [5, 5.41) is 10.8. The first-order valence-corrected chi connectivity index (χ1v) is 7.45. The molecule has 4 aromatic rings. The molecule has 2 aromatic carbocycles. The number of hydrogen-bond acceptors (Lipinski definition) is 6. The quantitative estimate of drug-likeness (QED) is 0.565. The number of methoxy groups -OCH3 is 1. The molecule has 0 spiro atoms. The zero-order valence-electron chi connectivity index (χ0n) is 13.1. The Labute approximate surface area is 140 Å². The van der Waals surface area contributed by atoms with Crippen LogP contribution in [0.15, 0.2) is 67.0 Å². The van der Waals surface area contributed by atoms with Crippen molar-refractivity contribution in [2.75, 3.05) is 7.11 Å². The van der Waals surface area contributed by atoms with E-state index in [-0.39, 0.29) is 16.9 Å². The Bertz CT molecular complexity index is 1230. The van der Waals surface area contributed by atoms with E-state index in [2.05, 4.69) is 0 Å². The standard InChI is InChI=1S/C19H12O6/c1-23-15-4-2-3-10-7-14(19(22)25-18(10)15)13-9-17(21)24-16-8-11(20)5-6-12(13)16/h2-9,20H,1H3. The summed E-state index contributed by atoms with van der Waals surface area (Å²) in [5.41, 5.74) is -0.0967. The van der Waals surface area contributed by atoms with Crippen LogP contribution in [-0.4, -0.2) is 12.2 Å². The van der Waals surface area contributed by atoms with E-state index in [1.807, 2.05) is 0 Å². The Balaban J connectivity index is 2.09. The third-order valence-corrected chi connectivity index (χ3v) is 3.96. The van der Waals surface area contributed by atoms with Gasteiger partial charge in [-0.05, 0) is 24.3 Å². The molecule has 0 bridgehead atoms.